The van der Waals surface area contributed by atoms with Crippen molar-refractivity contribution in [3.05, 3.63) is 53.1 Å². The average molecular weight is 428 g/mol. The molecule has 2 heterocycles. The van der Waals surface area contributed by atoms with Gasteiger partial charge in [-0.3, -0.25) is 4.79 Å². The number of thioether (sulfide) groups is 1. The Bertz CT molecular complexity index is 895. The number of ether oxygens (including phenoxy) is 3. The van der Waals surface area contributed by atoms with Crippen LogP contribution in [0.5, 0.6) is 11.5 Å². The fourth-order valence-electron chi connectivity index (χ4n) is 3.92. The quantitative estimate of drug-likeness (QED) is 0.624. The molecule has 5 nitrogen and oxygen atoms in total. The first-order valence-corrected chi connectivity index (χ1v) is 11.7. The molecule has 160 valence electrons. The van der Waals surface area contributed by atoms with Gasteiger partial charge in [0, 0.05) is 41.3 Å². The van der Waals surface area contributed by atoms with Crippen LogP contribution in [0.1, 0.15) is 48.2 Å². The van der Waals surface area contributed by atoms with Gasteiger partial charge < -0.3 is 19.5 Å². The van der Waals surface area contributed by atoms with Gasteiger partial charge in [-0.15, -0.1) is 11.8 Å². The lowest BCUT2D eigenvalue weighted by Crippen LogP contribution is -2.24. The maximum absolute atomic E-state index is 13.0. The van der Waals surface area contributed by atoms with Crippen molar-refractivity contribution in [1.29, 1.82) is 0 Å². The molecule has 0 unspecified atom stereocenters. The lowest BCUT2D eigenvalue weighted by Gasteiger charge is -2.15. The number of fused-ring (bicyclic) bond motifs is 1. The molecule has 2 aliphatic heterocycles. The van der Waals surface area contributed by atoms with Crippen molar-refractivity contribution in [1.82, 2.24) is 5.32 Å². The van der Waals surface area contributed by atoms with E-state index in [0.717, 1.165) is 59.1 Å². The molecular formula is C24H29NO4S. The first-order chi connectivity index (χ1) is 14.6. The SMILES string of the molecule is CCOc1cc2c(cc1CNC(=O)c1ccccc1SC[C@@H]1CCCO1)O[C@@H](C)C2. The largest absolute Gasteiger partial charge is 0.494 e. The van der Waals surface area contributed by atoms with E-state index in [2.05, 4.69) is 18.3 Å². The third-order valence-electron chi connectivity index (χ3n) is 5.40. The number of nitrogens with one attached hydrogen (secondary N) is 1. The van der Waals surface area contributed by atoms with Gasteiger partial charge in [0.25, 0.3) is 5.91 Å². The molecule has 2 aromatic rings. The molecule has 2 aliphatic rings. The summed E-state index contributed by atoms with van der Waals surface area (Å²) in [4.78, 5) is 13.9. The molecule has 0 bridgehead atoms. The van der Waals surface area contributed by atoms with Gasteiger partial charge >= 0.3 is 0 Å². The molecule has 4 rings (SSSR count). The van der Waals surface area contributed by atoms with E-state index in [0.29, 0.717) is 18.7 Å². The molecule has 1 N–H and O–H groups in total. The lowest BCUT2D eigenvalue weighted by atomic mass is 10.1. The minimum atomic E-state index is -0.0809. The third kappa shape index (κ3) is 4.93. The molecule has 1 fully saturated rings. The van der Waals surface area contributed by atoms with Crippen LogP contribution in [0, 0.1) is 0 Å². The second-order valence-corrected chi connectivity index (χ2v) is 8.82. The predicted molar refractivity (Wildman–Crippen MR) is 119 cm³/mol. The summed E-state index contributed by atoms with van der Waals surface area (Å²) < 4.78 is 17.4. The van der Waals surface area contributed by atoms with Crippen LogP contribution < -0.4 is 14.8 Å². The first-order valence-electron chi connectivity index (χ1n) is 10.7. The van der Waals surface area contributed by atoms with E-state index >= 15 is 0 Å². The average Bonchev–Trinajstić information content (AvgIpc) is 3.39. The van der Waals surface area contributed by atoms with E-state index < -0.39 is 0 Å². The maximum atomic E-state index is 13.0. The van der Waals surface area contributed by atoms with Crippen molar-refractivity contribution in [2.45, 2.75) is 56.8 Å². The molecule has 1 saturated heterocycles. The number of benzene rings is 2. The minimum Gasteiger partial charge on any atom is -0.494 e. The number of carbonyl (C=O) groups excluding carboxylic acids is 1. The summed E-state index contributed by atoms with van der Waals surface area (Å²) in [6, 6.07) is 11.8. The summed E-state index contributed by atoms with van der Waals surface area (Å²) in [5, 5.41) is 3.07. The van der Waals surface area contributed by atoms with Crippen LogP contribution in [-0.2, 0) is 17.7 Å². The summed E-state index contributed by atoms with van der Waals surface area (Å²) in [7, 11) is 0. The van der Waals surface area contributed by atoms with Gasteiger partial charge in [-0.05, 0) is 51.0 Å². The van der Waals surface area contributed by atoms with Crippen molar-refractivity contribution in [2.75, 3.05) is 19.0 Å². The van der Waals surface area contributed by atoms with Crippen molar-refractivity contribution in [3.63, 3.8) is 0 Å². The lowest BCUT2D eigenvalue weighted by molar-refractivity contribution is 0.0947. The van der Waals surface area contributed by atoms with Crippen LogP contribution >= 0.6 is 11.8 Å². The van der Waals surface area contributed by atoms with E-state index in [1.165, 1.54) is 0 Å². The van der Waals surface area contributed by atoms with Gasteiger partial charge in [-0.2, -0.15) is 0 Å². The molecule has 6 heteroatoms. The van der Waals surface area contributed by atoms with Gasteiger partial charge in [-0.1, -0.05) is 12.1 Å². The van der Waals surface area contributed by atoms with Crippen molar-refractivity contribution < 1.29 is 19.0 Å². The number of hydrogen-bond acceptors (Lipinski definition) is 5. The molecule has 2 aromatic carbocycles. The zero-order valence-electron chi connectivity index (χ0n) is 17.6. The molecule has 30 heavy (non-hydrogen) atoms. The first kappa shape index (κ1) is 21.1. The molecule has 0 spiro atoms. The van der Waals surface area contributed by atoms with E-state index in [1.807, 2.05) is 37.3 Å². The number of amides is 1. The van der Waals surface area contributed by atoms with Gasteiger partial charge in [0.1, 0.15) is 17.6 Å². The summed E-state index contributed by atoms with van der Waals surface area (Å²) in [6.07, 6.45) is 3.57. The number of carbonyl (C=O) groups is 1. The Morgan fingerprint density at radius 1 is 1.30 bits per heavy atom. The smallest absolute Gasteiger partial charge is 0.252 e. The second-order valence-electron chi connectivity index (χ2n) is 7.76. The zero-order chi connectivity index (χ0) is 20.9. The number of hydrogen-bond donors (Lipinski definition) is 1. The third-order valence-corrected chi connectivity index (χ3v) is 6.60. The topological polar surface area (TPSA) is 56.8 Å². The van der Waals surface area contributed by atoms with E-state index in [9.17, 15) is 4.79 Å². The fraction of sp³-hybridized carbons (Fsp3) is 0.458. The highest BCUT2D eigenvalue weighted by atomic mass is 32.2. The Balaban J connectivity index is 1.44. The Morgan fingerprint density at radius 3 is 2.97 bits per heavy atom. The monoisotopic (exact) mass is 427 g/mol. The maximum Gasteiger partial charge on any atom is 0.252 e. The summed E-state index contributed by atoms with van der Waals surface area (Å²) in [5.41, 5.74) is 2.80. The van der Waals surface area contributed by atoms with E-state index in [4.69, 9.17) is 14.2 Å². The van der Waals surface area contributed by atoms with Crippen LogP contribution in [-0.4, -0.2) is 37.1 Å². The van der Waals surface area contributed by atoms with Crippen LogP contribution in [0.15, 0.2) is 41.3 Å². The minimum absolute atomic E-state index is 0.0809. The standard InChI is InChI=1S/C24H29NO4S/c1-3-27-21-12-17-11-16(2)29-22(17)13-18(21)14-25-24(26)20-8-4-5-9-23(20)30-15-19-7-6-10-28-19/h4-5,8-9,12-13,16,19H,3,6-7,10-11,14-15H2,1-2H3,(H,25,26)/t16-,19-/m0/s1. The predicted octanol–water partition coefficient (Wildman–Crippen LogP) is 4.61. The molecular weight excluding hydrogens is 398 g/mol. The molecule has 0 aliphatic carbocycles. The Kier molecular flexibility index (Phi) is 6.85. The molecule has 0 radical (unpaired) electrons. The Morgan fingerprint density at radius 2 is 2.17 bits per heavy atom. The van der Waals surface area contributed by atoms with E-state index in [-0.39, 0.29) is 18.1 Å². The van der Waals surface area contributed by atoms with Crippen LogP contribution in [0.2, 0.25) is 0 Å². The van der Waals surface area contributed by atoms with Crippen molar-refractivity contribution in [3.8, 4) is 11.5 Å². The summed E-state index contributed by atoms with van der Waals surface area (Å²) in [6.45, 7) is 5.85. The molecule has 0 saturated carbocycles. The van der Waals surface area contributed by atoms with Gasteiger partial charge in [0.15, 0.2) is 0 Å². The van der Waals surface area contributed by atoms with Crippen molar-refractivity contribution >= 4 is 17.7 Å². The van der Waals surface area contributed by atoms with Crippen LogP contribution in [0.25, 0.3) is 0 Å². The molecule has 1 amide bonds. The highest BCUT2D eigenvalue weighted by Crippen LogP contribution is 2.35. The number of rotatable bonds is 8. The fourth-order valence-corrected chi connectivity index (χ4v) is 5.04. The van der Waals surface area contributed by atoms with Gasteiger partial charge in [-0.25, -0.2) is 0 Å². The van der Waals surface area contributed by atoms with Gasteiger partial charge in [0.05, 0.1) is 18.3 Å². The Hall–Kier alpha value is -2.18. The summed E-state index contributed by atoms with van der Waals surface area (Å²) >= 11 is 1.69. The van der Waals surface area contributed by atoms with Crippen LogP contribution in [0.3, 0.4) is 0 Å². The molecule has 0 aromatic heterocycles. The summed E-state index contributed by atoms with van der Waals surface area (Å²) in [5.74, 6) is 2.50. The van der Waals surface area contributed by atoms with Crippen molar-refractivity contribution in [2.24, 2.45) is 0 Å². The highest BCUT2D eigenvalue weighted by molar-refractivity contribution is 7.99. The van der Waals surface area contributed by atoms with Crippen LogP contribution in [0.4, 0.5) is 0 Å². The van der Waals surface area contributed by atoms with Gasteiger partial charge in [0.2, 0.25) is 0 Å². The molecule has 2 atom stereocenters. The van der Waals surface area contributed by atoms with E-state index in [1.54, 1.807) is 11.8 Å². The normalized spacial score (nSPS) is 19.9. The second kappa shape index (κ2) is 9.75. The Labute approximate surface area is 182 Å². The highest BCUT2D eigenvalue weighted by Gasteiger charge is 2.22. The zero-order valence-corrected chi connectivity index (χ0v) is 18.4.